The summed E-state index contributed by atoms with van der Waals surface area (Å²) >= 11 is 0. The number of rotatable bonds is 8. The van der Waals surface area contributed by atoms with Crippen LogP contribution in [0, 0.1) is 0 Å². The molecule has 0 bridgehead atoms. The Balaban J connectivity index is 2.74. The van der Waals surface area contributed by atoms with E-state index in [1.807, 2.05) is 45.0 Å². The summed E-state index contributed by atoms with van der Waals surface area (Å²) in [4.78, 5) is 31.8. The van der Waals surface area contributed by atoms with E-state index < -0.39 is 0 Å². The van der Waals surface area contributed by atoms with Crippen LogP contribution in [0.5, 0.6) is 5.75 Å². The number of hydrogen-bond acceptors (Lipinski definition) is 4. The van der Waals surface area contributed by atoms with Gasteiger partial charge in [0.15, 0.2) is 5.96 Å². The van der Waals surface area contributed by atoms with Crippen molar-refractivity contribution in [3.8, 4) is 5.75 Å². The van der Waals surface area contributed by atoms with Gasteiger partial charge in [0.2, 0.25) is 11.8 Å². The molecule has 8 nitrogen and oxygen atoms in total. The first-order valence-corrected chi connectivity index (χ1v) is 9.65. The molecule has 1 rings (SSSR count). The zero-order valence-corrected chi connectivity index (χ0v) is 18.7. The number of nitrogens with one attached hydrogen (secondary N) is 2. The van der Waals surface area contributed by atoms with Crippen LogP contribution in [0.15, 0.2) is 29.3 Å². The maximum absolute atomic E-state index is 12.3. The zero-order chi connectivity index (χ0) is 22.0. The lowest BCUT2D eigenvalue weighted by atomic mass is 10.1. The summed E-state index contributed by atoms with van der Waals surface area (Å²) in [7, 11) is 6.80. The molecule has 0 aliphatic carbocycles. The highest BCUT2D eigenvalue weighted by Crippen LogP contribution is 2.11. The molecule has 2 N–H and O–H groups in total. The molecule has 0 saturated heterocycles. The summed E-state index contributed by atoms with van der Waals surface area (Å²) in [5.74, 6) is 1.11. The van der Waals surface area contributed by atoms with Gasteiger partial charge in [0.1, 0.15) is 12.3 Å². The quantitative estimate of drug-likeness (QED) is 0.500. The first-order valence-electron chi connectivity index (χ1n) is 9.65. The number of aliphatic imine (C=N–C) groups is 1. The van der Waals surface area contributed by atoms with E-state index >= 15 is 0 Å². The number of benzene rings is 1. The van der Waals surface area contributed by atoms with Crippen LogP contribution in [0.2, 0.25) is 0 Å². The normalized spacial score (nSPS) is 11.6. The fourth-order valence-electron chi connectivity index (χ4n) is 2.45. The van der Waals surface area contributed by atoms with Crippen LogP contribution in [-0.4, -0.2) is 81.0 Å². The average Bonchev–Trinajstić information content (AvgIpc) is 2.62. The van der Waals surface area contributed by atoms with E-state index in [4.69, 9.17) is 4.74 Å². The van der Waals surface area contributed by atoms with Gasteiger partial charge in [-0.15, -0.1) is 0 Å². The molecule has 0 fully saturated rings. The predicted octanol–water partition coefficient (Wildman–Crippen LogP) is 1.12. The van der Waals surface area contributed by atoms with Crippen molar-refractivity contribution in [2.45, 2.75) is 32.7 Å². The van der Waals surface area contributed by atoms with Gasteiger partial charge in [-0.25, -0.2) is 4.99 Å². The molecule has 0 aromatic heterocycles. The van der Waals surface area contributed by atoms with E-state index in [0.717, 1.165) is 17.7 Å². The maximum atomic E-state index is 12.3. The van der Waals surface area contributed by atoms with Gasteiger partial charge in [0, 0.05) is 33.2 Å². The van der Waals surface area contributed by atoms with Crippen LogP contribution in [0.4, 0.5) is 0 Å². The number of ether oxygens (including phenoxy) is 1. The van der Waals surface area contributed by atoms with Crippen LogP contribution >= 0.6 is 0 Å². The summed E-state index contributed by atoms with van der Waals surface area (Å²) in [5.41, 5.74) is 0.841. The fourth-order valence-corrected chi connectivity index (χ4v) is 2.45. The average molecular weight is 406 g/mol. The highest BCUT2D eigenvalue weighted by molar-refractivity contribution is 5.88. The Labute approximate surface area is 174 Å². The summed E-state index contributed by atoms with van der Waals surface area (Å²) < 4.78 is 5.17. The van der Waals surface area contributed by atoms with Crippen LogP contribution in [0.25, 0.3) is 0 Å². The number of guanidine groups is 1. The highest BCUT2D eigenvalue weighted by atomic mass is 16.5. The van der Waals surface area contributed by atoms with E-state index in [1.54, 1.807) is 33.2 Å². The molecule has 8 heteroatoms. The molecule has 0 heterocycles. The Morgan fingerprint density at radius 1 is 1.10 bits per heavy atom. The number of hydrogen-bond donors (Lipinski definition) is 2. The Morgan fingerprint density at radius 2 is 1.72 bits per heavy atom. The van der Waals surface area contributed by atoms with Gasteiger partial charge < -0.3 is 25.2 Å². The summed E-state index contributed by atoms with van der Waals surface area (Å²) in [6.07, 6.45) is 0.771. The van der Waals surface area contributed by atoms with Gasteiger partial charge in [-0.1, -0.05) is 12.1 Å². The van der Waals surface area contributed by atoms with Crippen molar-refractivity contribution in [1.82, 2.24) is 20.4 Å². The standard InChI is InChI=1S/C21H35N5O3/c1-21(2,3)24-18(27)15-26(6)20(23-14-19(28)25(4)5)22-13-12-16-8-10-17(29-7)11-9-16/h8-11H,12-15H2,1-7H3,(H,22,23)(H,24,27). The molecule has 0 spiro atoms. The van der Waals surface area contributed by atoms with Gasteiger partial charge >= 0.3 is 0 Å². The van der Waals surface area contributed by atoms with Crippen molar-refractivity contribution < 1.29 is 14.3 Å². The highest BCUT2D eigenvalue weighted by Gasteiger charge is 2.17. The number of methoxy groups -OCH3 is 1. The van der Waals surface area contributed by atoms with Crippen molar-refractivity contribution in [3.63, 3.8) is 0 Å². The Morgan fingerprint density at radius 3 is 2.24 bits per heavy atom. The second kappa shape index (κ2) is 11.3. The fraction of sp³-hybridized carbons (Fsp3) is 0.571. The lowest BCUT2D eigenvalue weighted by Crippen LogP contribution is -2.49. The van der Waals surface area contributed by atoms with Gasteiger partial charge in [-0.2, -0.15) is 0 Å². The third kappa shape index (κ3) is 9.82. The van der Waals surface area contributed by atoms with Crippen LogP contribution in [0.3, 0.4) is 0 Å². The number of likely N-dealkylation sites (N-methyl/N-ethyl adjacent to an activating group) is 2. The lowest BCUT2D eigenvalue weighted by Gasteiger charge is -2.25. The summed E-state index contributed by atoms with van der Waals surface area (Å²) in [5, 5.41) is 6.18. The number of carbonyl (C=O) groups excluding carboxylic acids is 2. The molecule has 1 aromatic rings. The van der Waals surface area contributed by atoms with E-state index in [9.17, 15) is 9.59 Å². The molecule has 0 atom stereocenters. The van der Waals surface area contributed by atoms with E-state index in [2.05, 4.69) is 15.6 Å². The largest absolute Gasteiger partial charge is 0.497 e. The minimum absolute atomic E-state index is 0.0170. The van der Waals surface area contributed by atoms with E-state index in [1.165, 1.54) is 4.90 Å². The number of nitrogens with zero attached hydrogens (tertiary/aromatic N) is 3. The van der Waals surface area contributed by atoms with Crippen LogP contribution in [-0.2, 0) is 16.0 Å². The minimum atomic E-state index is -0.308. The van der Waals surface area contributed by atoms with Gasteiger partial charge in [-0.05, 0) is 44.9 Å². The molecular weight excluding hydrogens is 370 g/mol. The maximum Gasteiger partial charge on any atom is 0.243 e. The third-order valence-electron chi connectivity index (χ3n) is 3.98. The molecule has 2 amide bonds. The molecule has 0 aliphatic rings. The van der Waals surface area contributed by atoms with Crippen LogP contribution in [0.1, 0.15) is 26.3 Å². The monoisotopic (exact) mass is 405 g/mol. The Kier molecular flexibility index (Phi) is 9.44. The molecular formula is C21H35N5O3. The Hall–Kier alpha value is -2.77. The predicted molar refractivity (Wildman–Crippen MR) is 116 cm³/mol. The van der Waals surface area contributed by atoms with Crippen molar-refractivity contribution in [3.05, 3.63) is 29.8 Å². The second-order valence-electron chi connectivity index (χ2n) is 8.11. The minimum Gasteiger partial charge on any atom is -0.497 e. The van der Waals surface area contributed by atoms with Crippen LogP contribution < -0.4 is 15.4 Å². The molecule has 162 valence electrons. The molecule has 1 aromatic carbocycles. The van der Waals surface area contributed by atoms with E-state index in [-0.39, 0.29) is 30.4 Å². The lowest BCUT2D eigenvalue weighted by molar-refractivity contribution is -0.127. The molecule has 0 radical (unpaired) electrons. The molecule has 0 saturated carbocycles. The molecule has 0 unspecified atom stereocenters. The van der Waals surface area contributed by atoms with Crippen molar-refractivity contribution >= 4 is 17.8 Å². The van der Waals surface area contributed by atoms with Crippen molar-refractivity contribution in [1.29, 1.82) is 0 Å². The SMILES string of the molecule is COc1ccc(CCNC(=NCC(=O)N(C)C)N(C)CC(=O)NC(C)(C)C)cc1. The smallest absolute Gasteiger partial charge is 0.243 e. The summed E-state index contributed by atoms with van der Waals surface area (Å²) in [6, 6.07) is 7.85. The topological polar surface area (TPSA) is 86.3 Å². The number of amides is 2. The van der Waals surface area contributed by atoms with Gasteiger partial charge in [0.05, 0.1) is 13.7 Å². The third-order valence-corrected chi connectivity index (χ3v) is 3.98. The number of carbonyl (C=O) groups is 2. The second-order valence-corrected chi connectivity index (χ2v) is 8.11. The zero-order valence-electron chi connectivity index (χ0n) is 18.7. The van der Waals surface area contributed by atoms with Crippen molar-refractivity contribution in [2.24, 2.45) is 4.99 Å². The molecule has 0 aliphatic heterocycles. The summed E-state index contributed by atoms with van der Waals surface area (Å²) in [6.45, 7) is 6.58. The molecule has 29 heavy (non-hydrogen) atoms. The van der Waals surface area contributed by atoms with E-state index in [0.29, 0.717) is 12.5 Å². The Bertz CT molecular complexity index is 693. The van der Waals surface area contributed by atoms with Gasteiger partial charge in [0.25, 0.3) is 0 Å². The first kappa shape index (κ1) is 24.3. The van der Waals surface area contributed by atoms with Crippen molar-refractivity contribution in [2.75, 3.05) is 47.9 Å². The first-order chi connectivity index (χ1) is 13.5. The van der Waals surface area contributed by atoms with Gasteiger partial charge in [-0.3, -0.25) is 9.59 Å².